The Morgan fingerprint density at radius 3 is 2.60 bits per heavy atom. The summed E-state index contributed by atoms with van der Waals surface area (Å²) >= 11 is 13.7. The quantitative estimate of drug-likeness (QED) is 0.842. The average molecular weight is 333 g/mol. The monoisotopic (exact) mass is 332 g/mol. The van der Waals surface area contributed by atoms with Crippen molar-refractivity contribution in [3.63, 3.8) is 0 Å². The number of carbonyl (C=O) groups excluding carboxylic acids is 1. The maximum absolute atomic E-state index is 12.3. The van der Waals surface area contributed by atoms with Gasteiger partial charge in [-0.2, -0.15) is 0 Å². The fourth-order valence-electron chi connectivity index (χ4n) is 2.13. The first kappa shape index (κ1) is 16.0. The molecule has 1 aromatic carbocycles. The predicted molar refractivity (Wildman–Crippen MR) is 86.5 cm³/mol. The largest absolute Gasteiger partial charge is 0.324 e. The van der Waals surface area contributed by atoms with E-state index in [-0.39, 0.29) is 16.5 Å². The third-order valence-corrected chi connectivity index (χ3v) is 5.40. The van der Waals surface area contributed by atoms with Crippen LogP contribution in [0.4, 0.5) is 0 Å². The standard InChI is InChI=1S/C14H18Cl2N2OS/c1-9-13(19)18(7-6-17(2)3)14(20-9)10-4-5-11(15)12(16)8-10/h4-5,8-9,14H,6-7H2,1-3H3/t9-,14+/m0/s1. The predicted octanol–water partition coefficient (Wildman–Crippen LogP) is 3.52. The number of hydrogen-bond acceptors (Lipinski definition) is 3. The molecule has 0 bridgehead atoms. The molecule has 1 aliphatic heterocycles. The molecule has 0 spiro atoms. The van der Waals surface area contributed by atoms with Gasteiger partial charge >= 0.3 is 0 Å². The van der Waals surface area contributed by atoms with Crippen LogP contribution in [0.15, 0.2) is 18.2 Å². The molecule has 1 fully saturated rings. The van der Waals surface area contributed by atoms with Gasteiger partial charge in [-0.1, -0.05) is 29.3 Å². The van der Waals surface area contributed by atoms with Gasteiger partial charge in [-0.25, -0.2) is 0 Å². The van der Waals surface area contributed by atoms with Gasteiger partial charge in [0.05, 0.1) is 15.3 Å². The number of halogens is 2. The van der Waals surface area contributed by atoms with Crippen LogP contribution < -0.4 is 0 Å². The summed E-state index contributed by atoms with van der Waals surface area (Å²) in [7, 11) is 4.01. The molecule has 6 heteroatoms. The molecule has 2 atom stereocenters. The Bertz CT molecular complexity index is 510. The van der Waals surface area contributed by atoms with Crippen molar-refractivity contribution in [3.8, 4) is 0 Å². The number of hydrogen-bond donors (Lipinski definition) is 0. The normalized spacial score (nSPS) is 22.9. The molecule has 1 aromatic rings. The van der Waals surface area contributed by atoms with E-state index < -0.39 is 0 Å². The number of likely N-dealkylation sites (N-methyl/N-ethyl adjacent to an activating group) is 1. The maximum atomic E-state index is 12.3. The van der Waals surface area contributed by atoms with E-state index in [9.17, 15) is 4.79 Å². The third kappa shape index (κ3) is 3.42. The van der Waals surface area contributed by atoms with E-state index in [0.717, 1.165) is 12.1 Å². The molecule has 3 nitrogen and oxygen atoms in total. The van der Waals surface area contributed by atoms with Crippen LogP contribution in [0.3, 0.4) is 0 Å². The Kier molecular flexibility index (Phi) is 5.24. The molecular formula is C14H18Cl2N2OS. The van der Waals surface area contributed by atoms with E-state index in [4.69, 9.17) is 23.2 Å². The molecule has 1 amide bonds. The second kappa shape index (κ2) is 6.56. The summed E-state index contributed by atoms with van der Waals surface area (Å²) in [4.78, 5) is 16.3. The minimum absolute atomic E-state index is 0.0170. The van der Waals surface area contributed by atoms with Crippen LogP contribution in [0.2, 0.25) is 10.0 Å². The van der Waals surface area contributed by atoms with E-state index in [0.29, 0.717) is 16.6 Å². The third-order valence-electron chi connectivity index (χ3n) is 3.26. The van der Waals surface area contributed by atoms with Gasteiger partial charge in [-0.05, 0) is 38.7 Å². The van der Waals surface area contributed by atoms with Crippen molar-refractivity contribution < 1.29 is 4.79 Å². The number of nitrogens with zero attached hydrogens (tertiary/aromatic N) is 2. The lowest BCUT2D eigenvalue weighted by atomic mass is 10.2. The van der Waals surface area contributed by atoms with Gasteiger partial charge in [0.25, 0.3) is 0 Å². The van der Waals surface area contributed by atoms with Crippen molar-refractivity contribution in [2.45, 2.75) is 17.5 Å². The second-order valence-corrected chi connectivity index (χ2v) is 7.38. The summed E-state index contributed by atoms with van der Waals surface area (Å²) in [5.41, 5.74) is 1.03. The van der Waals surface area contributed by atoms with Crippen LogP contribution >= 0.6 is 35.0 Å². The highest BCUT2D eigenvalue weighted by atomic mass is 35.5. The van der Waals surface area contributed by atoms with Gasteiger partial charge in [-0.3, -0.25) is 4.79 Å². The van der Waals surface area contributed by atoms with E-state index in [1.165, 1.54) is 0 Å². The summed E-state index contributed by atoms with van der Waals surface area (Å²) in [6.07, 6.45) is 0. The first-order chi connectivity index (χ1) is 9.40. The molecule has 1 aliphatic rings. The van der Waals surface area contributed by atoms with Crippen molar-refractivity contribution >= 4 is 40.9 Å². The van der Waals surface area contributed by atoms with Crippen LogP contribution in [0.25, 0.3) is 0 Å². The zero-order chi connectivity index (χ0) is 14.9. The molecule has 0 aliphatic carbocycles. The molecular weight excluding hydrogens is 315 g/mol. The highest BCUT2D eigenvalue weighted by Crippen LogP contribution is 2.43. The smallest absolute Gasteiger partial charge is 0.236 e. The lowest BCUT2D eigenvalue weighted by Gasteiger charge is -2.25. The van der Waals surface area contributed by atoms with Crippen LogP contribution in [0, 0.1) is 0 Å². The number of amides is 1. The Hall–Kier alpha value is -0.420. The van der Waals surface area contributed by atoms with Gasteiger partial charge in [0.1, 0.15) is 5.37 Å². The minimum Gasteiger partial charge on any atom is -0.324 e. The fourth-order valence-corrected chi connectivity index (χ4v) is 3.74. The lowest BCUT2D eigenvalue weighted by molar-refractivity contribution is -0.129. The molecule has 0 radical (unpaired) electrons. The van der Waals surface area contributed by atoms with E-state index in [1.807, 2.05) is 38.1 Å². The van der Waals surface area contributed by atoms with Crippen molar-refractivity contribution in [2.75, 3.05) is 27.2 Å². The molecule has 0 N–H and O–H groups in total. The van der Waals surface area contributed by atoms with Gasteiger partial charge in [-0.15, -0.1) is 11.8 Å². The average Bonchev–Trinajstić information content (AvgIpc) is 2.67. The van der Waals surface area contributed by atoms with Gasteiger partial charge in [0.15, 0.2) is 0 Å². The van der Waals surface area contributed by atoms with Crippen molar-refractivity contribution in [1.82, 2.24) is 9.80 Å². The van der Waals surface area contributed by atoms with E-state index in [2.05, 4.69) is 4.90 Å². The molecule has 2 rings (SSSR count). The molecule has 110 valence electrons. The zero-order valence-corrected chi connectivity index (χ0v) is 14.1. The molecule has 0 saturated carbocycles. The first-order valence-corrected chi connectivity index (χ1v) is 8.15. The van der Waals surface area contributed by atoms with Crippen LogP contribution in [0.5, 0.6) is 0 Å². The molecule has 1 heterocycles. The molecule has 0 aromatic heterocycles. The minimum atomic E-state index is -0.0170. The number of thioether (sulfide) groups is 1. The lowest BCUT2D eigenvalue weighted by Crippen LogP contribution is -2.36. The van der Waals surface area contributed by atoms with Crippen LogP contribution in [-0.2, 0) is 4.79 Å². The van der Waals surface area contributed by atoms with E-state index >= 15 is 0 Å². The Morgan fingerprint density at radius 1 is 1.30 bits per heavy atom. The van der Waals surface area contributed by atoms with Gasteiger partial charge < -0.3 is 9.80 Å². The summed E-state index contributed by atoms with van der Waals surface area (Å²) in [5.74, 6) is 0.188. The molecule has 0 unspecified atom stereocenters. The topological polar surface area (TPSA) is 23.6 Å². The van der Waals surface area contributed by atoms with Gasteiger partial charge in [0, 0.05) is 13.1 Å². The Morgan fingerprint density at radius 2 is 2.00 bits per heavy atom. The van der Waals surface area contributed by atoms with Crippen molar-refractivity contribution in [3.05, 3.63) is 33.8 Å². The summed E-state index contributed by atoms with van der Waals surface area (Å²) in [5, 5.41) is 1.07. The fraction of sp³-hybridized carbons (Fsp3) is 0.500. The highest BCUT2D eigenvalue weighted by Gasteiger charge is 2.38. The number of rotatable bonds is 4. The van der Waals surface area contributed by atoms with E-state index in [1.54, 1.807) is 17.8 Å². The van der Waals surface area contributed by atoms with Crippen LogP contribution in [0.1, 0.15) is 17.9 Å². The van der Waals surface area contributed by atoms with Gasteiger partial charge in [0.2, 0.25) is 5.91 Å². The SMILES string of the molecule is C[C@@H]1S[C@H](c2ccc(Cl)c(Cl)c2)N(CCN(C)C)C1=O. The molecule has 1 saturated heterocycles. The highest BCUT2D eigenvalue weighted by molar-refractivity contribution is 8.01. The Balaban J connectivity index is 2.23. The number of benzene rings is 1. The summed E-state index contributed by atoms with van der Waals surface area (Å²) in [6.45, 7) is 3.51. The Labute approximate surface area is 134 Å². The second-order valence-electron chi connectivity index (χ2n) is 5.14. The number of carbonyl (C=O) groups is 1. The molecule has 20 heavy (non-hydrogen) atoms. The summed E-state index contributed by atoms with van der Waals surface area (Å²) < 4.78 is 0. The van der Waals surface area contributed by atoms with Crippen molar-refractivity contribution in [2.24, 2.45) is 0 Å². The first-order valence-electron chi connectivity index (χ1n) is 6.45. The van der Waals surface area contributed by atoms with Crippen molar-refractivity contribution in [1.29, 1.82) is 0 Å². The summed E-state index contributed by atoms with van der Waals surface area (Å²) in [6, 6.07) is 5.59. The maximum Gasteiger partial charge on any atom is 0.236 e. The zero-order valence-electron chi connectivity index (χ0n) is 11.8. The van der Waals surface area contributed by atoms with Crippen LogP contribution in [-0.4, -0.2) is 48.1 Å².